The van der Waals surface area contributed by atoms with Gasteiger partial charge in [0.1, 0.15) is 5.75 Å². The molecule has 3 aromatic rings. The van der Waals surface area contributed by atoms with E-state index in [1.807, 2.05) is 23.6 Å². The predicted molar refractivity (Wildman–Crippen MR) is 87.4 cm³/mol. The van der Waals surface area contributed by atoms with Gasteiger partial charge in [0.25, 0.3) is 5.56 Å². The number of ether oxygens (including phenoxy) is 1. The average Bonchev–Trinajstić information content (AvgIpc) is 2.95. The van der Waals surface area contributed by atoms with Crippen LogP contribution in [0.25, 0.3) is 4.96 Å². The van der Waals surface area contributed by atoms with Gasteiger partial charge in [0, 0.05) is 28.2 Å². The van der Waals surface area contributed by atoms with E-state index in [0.29, 0.717) is 17.2 Å². The number of methoxy groups -OCH3 is 1. The van der Waals surface area contributed by atoms with Crippen LogP contribution in [-0.4, -0.2) is 16.5 Å². The van der Waals surface area contributed by atoms with Gasteiger partial charge in [-0.15, -0.1) is 11.3 Å². The van der Waals surface area contributed by atoms with E-state index in [1.165, 1.54) is 15.7 Å². The van der Waals surface area contributed by atoms with E-state index in [1.54, 1.807) is 19.4 Å². The predicted octanol–water partition coefficient (Wildman–Crippen LogP) is 3.14. The fraction of sp³-hybridized carbons (Fsp3) is 0.143. The lowest BCUT2D eigenvalue weighted by molar-refractivity contribution is 0.415. The molecular formula is C14H12BrN3O2S. The standard InChI is InChI=1S/C14H12BrN3O2S/c1-20-10-2-3-11(15)12(7-10)16-8-9-6-13(19)18-4-5-21-14(18)17-9/h2-7,16H,8H2,1H3. The fourth-order valence-corrected chi connectivity index (χ4v) is 3.06. The van der Waals surface area contributed by atoms with Crippen LogP contribution in [0.3, 0.4) is 0 Å². The van der Waals surface area contributed by atoms with Crippen LogP contribution in [-0.2, 0) is 6.54 Å². The summed E-state index contributed by atoms with van der Waals surface area (Å²) in [4.78, 5) is 17.1. The SMILES string of the molecule is COc1ccc(Br)c(NCc2cc(=O)n3ccsc3n2)c1. The number of halogens is 1. The summed E-state index contributed by atoms with van der Waals surface area (Å²) in [5, 5.41) is 5.10. The Morgan fingerprint density at radius 1 is 1.43 bits per heavy atom. The monoisotopic (exact) mass is 365 g/mol. The molecule has 0 aliphatic carbocycles. The van der Waals surface area contributed by atoms with Gasteiger partial charge < -0.3 is 10.1 Å². The number of nitrogens with one attached hydrogen (secondary N) is 1. The van der Waals surface area contributed by atoms with Gasteiger partial charge in [-0.2, -0.15) is 0 Å². The van der Waals surface area contributed by atoms with Crippen LogP contribution in [0, 0.1) is 0 Å². The van der Waals surface area contributed by atoms with Crippen molar-refractivity contribution < 1.29 is 4.74 Å². The van der Waals surface area contributed by atoms with E-state index in [9.17, 15) is 4.79 Å². The Hall–Kier alpha value is -1.86. The quantitative estimate of drug-likeness (QED) is 0.771. The summed E-state index contributed by atoms with van der Waals surface area (Å²) in [7, 11) is 1.63. The van der Waals surface area contributed by atoms with Crippen molar-refractivity contribution in [2.45, 2.75) is 6.54 Å². The fourth-order valence-electron chi connectivity index (χ4n) is 1.93. The highest BCUT2D eigenvalue weighted by atomic mass is 79.9. The van der Waals surface area contributed by atoms with Crippen molar-refractivity contribution in [3.8, 4) is 5.75 Å². The van der Waals surface area contributed by atoms with E-state index < -0.39 is 0 Å². The van der Waals surface area contributed by atoms with Gasteiger partial charge in [0.05, 0.1) is 25.0 Å². The molecular weight excluding hydrogens is 354 g/mol. The molecule has 0 atom stereocenters. The molecule has 7 heteroatoms. The third-order valence-corrected chi connectivity index (χ3v) is 4.44. The largest absolute Gasteiger partial charge is 0.497 e. The highest BCUT2D eigenvalue weighted by molar-refractivity contribution is 9.10. The van der Waals surface area contributed by atoms with Crippen molar-refractivity contribution >= 4 is 37.9 Å². The van der Waals surface area contributed by atoms with E-state index in [2.05, 4.69) is 26.2 Å². The first kappa shape index (κ1) is 14.1. The summed E-state index contributed by atoms with van der Waals surface area (Å²) in [6, 6.07) is 7.21. The zero-order valence-electron chi connectivity index (χ0n) is 11.2. The number of hydrogen-bond donors (Lipinski definition) is 1. The number of anilines is 1. The first-order chi connectivity index (χ1) is 10.2. The summed E-state index contributed by atoms with van der Waals surface area (Å²) in [6.07, 6.45) is 1.73. The van der Waals surface area contributed by atoms with Crippen molar-refractivity contribution in [1.29, 1.82) is 0 Å². The normalized spacial score (nSPS) is 10.8. The third kappa shape index (κ3) is 2.93. The van der Waals surface area contributed by atoms with Gasteiger partial charge in [-0.1, -0.05) is 0 Å². The van der Waals surface area contributed by atoms with Gasteiger partial charge in [-0.05, 0) is 28.1 Å². The van der Waals surface area contributed by atoms with E-state index in [-0.39, 0.29) is 5.56 Å². The highest BCUT2D eigenvalue weighted by Gasteiger charge is 2.05. The van der Waals surface area contributed by atoms with Crippen molar-refractivity contribution in [2.75, 3.05) is 12.4 Å². The highest BCUT2D eigenvalue weighted by Crippen LogP contribution is 2.27. The summed E-state index contributed by atoms with van der Waals surface area (Å²) in [5.74, 6) is 0.766. The van der Waals surface area contributed by atoms with Crippen molar-refractivity contribution in [2.24, 2.45) is 0 Å². The molecule has 0 saturated heterocycles. The minimum Gasteiger partial charge on any atom is -0.497 e. The molecule has 0 bridgehead atoms. The maximum absolute atomic E-state index is 11.9. The molecule has 3 rings (SSSR count). The molecule has 108 valence electrons. The molecule has 0 spiro atoms. The topological polar surface area (TPSA) is 55.6 Å². The minimum atomic E-state index is -0.0669. The van der Waals surface area contributed by atoms with Crippen LogP contribution in [0.5, 0.6) is 5.75 Å². The summed E-state index contributed by atoms with van der Waals surface area (Å²) >= 11 is 4.92. The number of benzene rings is 1. The second-order valence-corrected chi connectivity index (χ2v) is 6.07. The molecule has 5 nitrogen and oxygen atoms in total. The van der Waals surface area contributed by atoms with Crippen molar-refractivity contribution in [3.05, 3.63) is 56.4 Å². The third-order valence-electron chi connectivity index (χ3n) is 2.99. The first-order valence-electron chi connectivity index (χ1n) is 6.20. The van der Waals surface area contributed by atoms with Crippen molar-refractivity contribution in [1.82, 2.24) is 9.38 Å². The van der Waals surface area contributed by atoms with Gasteiger partial charge in [0.2, 0.25) is 0 Å². The van der Waals surface area contributed by atoms with Gasteiger partial charge in [-0.3, -0.25) is 9.20 Å². The van der Waals surface area contributed by atoms with Crippen LogP contribution in [0.15, 0.2) is 45.1 Å². The second-order valence-electron chi connectivity index (χ2n) is 4.34. The molecule has 1 N–H and O–H groups in total. The molecule has 1 aromatic carbocycles. The molecule has 0 amide bonds. The van der Waals surface area contributed by atoms with Gasteiger partial charge >= 0.3 is 0 Å². The molecule has 0 unspecified atom stereocenters. The van der Waals surface area contributed by atoms with E-state index in [4.69, 9.17) is 4.74 Å². The Balaban J connectivity index is 1.84. The molecule has 2 aromatic heterocycles. The second kappa shape index (κ2) is 5.87. The summed E-state index contributed by atoms with van der Waals surface area (Å²) < 4.78 is 7.67. The maximum atomic E-state index is 11.9. The Bertz CT molecular complexity index is 844. The van der Waals surface area contributed by atoms with Crippen LogP contribution in [0.4, 0.5) is 5.69 Å². The molecule has 0 aliphatic rings. The maximum Gasteiger partial charge on any atom is 0.258 e. The molecule has 21 heavy (non-hydrogen) atoms. The number of thiazole rings is 1. The zero-order chi connectivity index (χ0) is 14.8. The average molecular weight is 366 g/mol. The van der Waals surface area contributed by atoms with Crippen LogP contribution in [0.1, 0.15) is 5.69 Å². The number of rotatable bonds is 4. The molecule has 0 radical (unpaired) electrons. The number of nitrogens with zero attached hydrogens (tertiary/aromatic N) is 2. The van der Waals surface area contributed by atoms with Crippen LogP contribution < -0.4 is 15.6 Å². The Morgan fingerprint density at radius 2 is 2.29 bits per heavy atom. The van der Waals surface area contributed by atoms with Gasteiger partial charge in [0.15, 0.2) is 4.96 Å². The van der Waals surface area contributed by atoms with Crippen LogP contribution >= 0.6 is 27.3 Å². The van der Waals surface area contributed by atoms with E-state index in [0.717, 1.165) is 15.9 Å². The molecule has 0 fully saturated rings. The minimum absolute atomic E-state index is 0.0669. The lowest BCUT2D eigenvalue weighted by Crippen LogP contribution is -2.14. The lowest BCUT2D eigenvalue weighted by atomic mass is 10.3. The zero-order valence-corrected chi connectivity index (χ0v) is 13.6. The van der Waals surface area contributed by atoms with Gasteiger partial charge in [-0.25, -0.2) is 4.98 Å². The molecule has 0 saturated carbocycles. The Kier molecular flexibility index (Phi) is 3.94. The van der Waals surface area contributed by atoms with Crippen molar-refractivity contribution in [3.63, 3.8) is 0 Å². The first-order valence-corrected chi connectivity index (χ1v) is 7.88. The number of aromatic nitrogens is 2. The summed E-state index contributed by atoms with van der Waals surface area (Å²) in [5.41, 5.74) is 1.53. The molecule has 2 heterocycles. The summed E-state index contributed by atoms with van der Waals surface area (Å²) in [6.45, 7) is 0.468. The lowest BCUT2D eigenvalue weighted by Gasteiger charge is -2.10. The number of fused-ring (bicyclic) bond motifs is 1. The Labute approximate surface area is 133 Å². The van der Waals surface area contributed by atoms with E-state index >= 15 is 0 Å². The number of hydrogen-bond acceptors (Lipinski definition) is 5. The molecule has 0 aliphatic heterocycles. The smallest absolute Gasteiger partial charge is 0.258 e. The van der Waals surface area contributed by atoms with Crippen LogP contribution in [0.2, 0.25) is 0 Å². The Morgan fingerprint density at radius 3 is 3.10 bits per heavy atom.